The number of para-hydroxylation sites is 2. The van der Waals surface area contributed by atoms with Gasteiger partial charge in [-0.05, 0) is 31.3 Å². The third-order valence-electron chi connectivity index (χ3n) is 3.68. The predicted molar refractivity (Wildman–Crippen MR) is 104 cm³/mol. The molecule has 1 atom stereocenters. The van der Waals surface area contributed by atoms with E-state index in [0.29, 0.717) is 5.88 Å². The summed E-state index contributed by atoms with van der Waals surface area (Å²) in [5, 5.41) is 0. The number of likely N-dealkylation sites (N-methyl/N-ethyl adjacent to an activating group) is 1. The molecule has 0 bridgehead atoms. The Morgan fingerprint density at radius 1 is 1.04 bits per heavy atom. The number of nitrogens with zero attached hydrogens (tertiary/aromatic N) is 2. The number of hydrogen-bond donors (Lipinski definition) is 0. The van der Waals surface area contributed by atoms with Crippen LogP contribution in [-0.2, 0) is 0 Å². The van der Waals surface area contributed by atoms with E-state index in [0.717, 1.165) is 13.1 Å². The normalized spacial score (nSPS) is 14.0. The molecule has 0 N–H and O–H groups in total. The highest BCUT2D eigenvalue weighted by atomic mass is 35.5. The van der Waals surface area contributed by atoms with E-state index >= 15 is 0 Å². The maximum atomic E-state index is 6.78. The van der Waals surface area contributed by atoms with Crippen LogP contribution >= 0.6 is 47.4 Å². The zero-order chi connectivity index (χ0) is 15.5. The molecule has 0 aromatic heterocycles. The monoisotopic (exact) mass is 388 g/mol. The summed E-state index contributed by atoms with van der Waals surface area (Å²) in [5.41, 5.74) is 2.20. The second-order valence-corrected chi connectivity index (χ2v) is 7.26. The molecule has 2 aromatic rings. The minimum Gasteiger partial charge on any atom is -0.321 e. The smallest absolute Gasteiger partial charge is 0.121 e. The Morgan fingerprint density at radius 2 is 1.57 bits per heavy atom. The van der Waals surface area contributed by atoms with Crippen LogP contribution in [0.4, 0.5) is 11.4 Å². The topological polar surface area (TPSA) is 6.48 Å². The van der Waals surface area contributed by atoms with Crippen LogP contribution in [0.5, 0.6) is 0 Å². The maximum absolute atomic E-state index is 6.78. The molecule has 23 heavy (non-hydrogen) atoms. The van der Waals surface area contributed by atoms with E-state index < -0.39 is 0 Å². The summed E-state index contributed by atoms with van der Waals surface area (Å²) in [6.45, 7) is 1.58. The summed E-state index contributed by atoms with van der Waals surface area (Å²) < 4.78 is 0. The Labute approximate surface area is 158 Å². The van der Waals surface area contributed by atoms with Gasteiger partial charge in [0.15, 0.2) is 0 Å². The molecule has 1 heterocycles. The van der Waals surface area contributed by atoms with Crippen molar-refractivity contribution < 1.29 is 0 Å². The molecule has 1 unspecified atom stereocenters. The van der Waals surface area contributed by atoms with Crippen LogP contribution in [0.15, 0.2) is 58.3 Å². The van der Waals surface area contributed by atoms with Crippen molar-refractivity contribution in [3.8, 4) is 0 Å². The molecule has 0 spiro atoms. The minimum absolute atomic E-state index is 0. The first kappa shape index (κ1) is 18.8. The molecule has 0 fully saturated rings. The highest BCUT2D eigenvalue weighted by Crippen LogP contribution is 2.49. The molecule has 1 aliphatic rings. The molecule has 0 saturated heterocycles. The Balaban J connectivity index is 0.00000192. The number of rotatable bonds is 5. The van der Waals surface area contributed by atoms with Gasteiger partial charge in [0, 0.05) is 28.8 Å². The lowest BCUT2D eigenvalue weighted by Crippen LogP contribution is -2.38. The summed E-state index contributed by atoms with van der Waals surface area (Å²) in [5.74, 6) is 0.614. The van der Waals surface area contributed by atoms with Gasteiger partial charge in [0.05, 0.1) is 11.4 Å². The van der Waals surface area contributed by atoms with Crippen molar-refractivity contribution in [3.63, 3.8) is 0 Å². The fraction of sp³-hybridized carbons (Fsp3) is 0.294. The van der Waals surface area contributed by atoms with Crippen molar-refractivity contribution in [1.82, 2.24) is 4.90 Å². The van der Waals surface area contributed by atoms with Crippen molar-refractivity contribution in [2.24, 2.45) is 0 Å². The second-order valence-electron chi connectivity index (χ2n) is 5.29. The highest BCUT2D eigenvalue weighted by Gasteiger charge is 2.28. The molecule has 0 saturated carbocycles. The van der Waals surface area contributed by atoms with Crippen molar-refractivity contribution in [2.75, 3.05) is 30.9 Å². The van der Waals surface area contributed by atoms with Gasteiger partial charge in [-0.2, -0.15) is 0 Å². The SMILES string of the molecule is CN(CCCl)CC(Cl)N1c2ccccc2Sc2ccccc21.Cl. The Hall–Kier alpha value is -0.580. The molecule has 0 radical (unpaired) electrons. The zero-order valence-corrected chi connectivity index (χ0v) is 15.9. The molecule has 1 aliphatic heterocycles. The first-order chi connectivity index (χ1) is 10.7. The summed E-state index contributed by atoms with van der Waals surface area (Å²) >= 11 is 14.4. The van der Waals surface area contributed by atoms with Crippen LogP contribution in [0.25, 0.3) is 0 Å². The van der Waals surface area contributed by atoms with Crippen molar-refractivity contribution in [1.29, 1.82) is 0 Å². The number of benzene rings is 2. The lowest BCUT2D eigenvalue weighted by molar-refractivity contribution is 0.353. The van der Waals surface area contributed by atoms with Crippen molar-refractivity contribution >= 4 is 58.7 Å². The molecule has 6 heteroatoms. The highest BCUT2D eigenvalue weighted by molar-refractivity contribution is 7.99. The average Bonchev–Trinajstić information content (AvgIpc) is 2.52. The third kappa shape index (κ3) is 4.09. The van der Waals surface area contributed by atoms with E-state index in [4.69, 9.17) is 23.2 Å². The molecular formula is C17H19Cl3N2S. The van der Waals surface area contributed by atoms with Crippen LogP contribution in [0, 0.1) is 0 Å². The third-order valence-corrected chi connectivity index (χ3v) is 5.31. The molecule has 3 rings (SSSR count). The Bertz CT molecular complexity index is 608. The van der Waals surface area contributed by atoms with Crippen LogP contribution in [-0.4, -0.2) is 36.4 Å². The van der Waals surface area contributed by atoms with E-state index in [-0.39, 0.29) is 17.9 Å². The van der Waals surface area contributed by atoms with Gasteiger partial charge in [0.1, 0.15) is 5.50 Å². The van der Waals surface area contributed by atoms with E-state index in [2.05, 4.69) is 58.3 Å². The predicted octanol–water partition coefficient (Wildman–Crippen LogP) is 5.45. The van der Waals surface area contributed by atoms with Crippen LogP contribution in [0.3, 0.4) is 0 Å². The quantitative estimate of drug-likeness (QED) is 0.496. The van der Waals surface area contributed by atoms with Gasteiger partial charge in [-0.15, -0.1) is 24.0 Å². The summed E-state index contributed by atoms with van der Waals surface area (Å²) in [6.07, 6.45) is 0. The maximum Gasteiger partial charge on any atom is 0.121 e. The molecule has 0 amide bonds. The molecule has 2 nitrogen and oxygen atoms in total. The van der Waals surface area contributed by atoms with E-state index in [1.54, 1.807) is 11.8 Å². The number of alkyl halides is 2. The first-order valence-corrected chi connectivity index (χ1v) is 9.03. The van der Waals surface area contributed by atoms with Gasteiger partial charge in [-0.1, -0.05) is 47.6 Å². The van der Waals surface area contributed by atoms with E-state index in [9.17, 15) is 0 Å². The standard InChI is InChI=1S/C17H18Cl2N2S.ClH/c1-20(11-10-18)12-17(19)21-13-6-2-4-8-15(13)22-16-9-5-3-7-14(16)21;/h2-9,17H,10-12H2,1H3;1H. The lowest BCUT2D eigenvalue weighted by atomic mass is 10.2. The minimum atomic E-state index is -0.142. The number of hydrogen-bond acceptors (Lipinski definition) is 3. The van der Waals surface area contributed by atoms with Crippen LogP contribution < -0.4 is 4.90 Å². The van der Waals surface area contributed by atoms with Gasteiger partial charge in [-0.25, -0.2) is 0 Å². The van der Waals surface area contributed by atoms with Crippen LogP contribution in [0.2, 0.25) is 0 Å². The molecule has 124 valence electrons. The summed E-state index contributed by atoms with van der Waals surface area (Å²) in [4.78, 5) is 6.88. The first-order valence-electron chi connectivity index (χ1n) is 7.24. The molecular weight excluding hydrogens is 371 g/mol. The summed E-state index contributed by atoms with van der Waals surface area (Å²) in [7, 11) is 2.05. The summed E-state index contributed by atoms with van der Waals surface area (Å²) in [6, 6.07) is 16.8. The van der Waals surface area contributed by atoms with Crippen molar-refractivity contribution in [2.45, 2.75) is 15.3 Å². The molecule has 0 aliphatic carbocycles. The Kier molecular flexibility index (Phi) is 6.93. The zero-order valence-electron chi connectivity index (χ0n) is 12.8. The van der Waals surface area contributed by atoms with E-state index in [1.165, 1.54) is 21.2 Å². The Morgan fingerprint density at radius 3 is 2.09 bits per heavy atom. The fourth-order valence-electron chi connectivity index (χ4n) is 2.61. The van der Waals surface area contributed by atoms with Gasteiger partial charge < -0.3 is 9.80 Å². The lowest BCUT2D eigenvalue weighted by Gasteiger charge is -2.37. The number of fused-ring (bicyclic) bond motifs is 2. The van der Waals surface area contributed by atoms with Crippen LogP contribution in [0.1, 0.15) is 0 Å². The van der Waals surface area contributed by atoms with Crippen molar-refractivity contribution in [3.05, 3.63) is 48.5 Å². The van der Waals surface area contributed by atoms with Gasteiger partial charge in [-0.3, -0.25) is 0 Å². The van der Waals surface area contributed by atoms with E-state index in [1.807, 2.05) is 7.05 Å². The fourth-order valence-corrected chi connectivity index (χ4v) is 4.42. The molecule has 2 aromatic carbocycles. The van der Waals surface area contributed by atoms with Gasteiger partial charge in [0.2, 0.25) is 0 Å². The van der Waals surface area contributed by atoms with Gasteiger partial charge in [0.25, 0.3) is 0 Å². The second kappa shape index (κ2) is 8.50. The number of halogens is 3. The largest absolute Gasteiger partial charge is 0.321 e. The average molecular weight is 390 g/mol. The number of anilines is 2. The van der Waals surface area contributed by atoms with Gasteiger partial charge >= 0.3 is 0 Å².